The summed E-state index contributed by atoms with van der Waals surface area (Å²) in [5.41, 5.74) is 5.27. The highest BCUT2D eigenvalue weighted by atomic mass is 35.5. The van der Waals surface area contributed by atoms with Gasteiger partial charge in [-0.3, -0.25) is 0 Å². The first-order chi connectivity index (χ1) is 14.0. The molecule has 29 heavy (non-hydrogen) atoms. The quantitative estimate of drug-likeness (QED) is 0.248. The summed E-state index contributed by atoms with van der Waals surface area (Å²) in [4.78, 5) is 4.65. The minimum Gasteiger partial charge on any atom is -0.496 e. The van der Waals surface area contributed by atoms with Crippen molar-refractivity contribution in [3.8, 4) is 5.75 Å². The van der Waals surface area contributed by atoms with Crippen LogP contribution in [-0.2, 0) is 11.3 Å². The van der Waals surface area contributed by atoms with E-state index in [1.54, 1.807) is 12.3 Å². The lowest BCUT2D eigenvalue weighted by molar-refractivity contribution is 0.236. The topological polar surface area (TPSA) is 30.8 Å². The van der Waals surface area contributed by atoms with E-state index < -0.39 is 0 Å². The summed E-state index contributed by atoms with van der Waals surface area (Å²) in [6.07, 6.45) is 3.30. The molecule has 0 saturated carbocycles. The molecule has 0 unspecified atom stereocenters. The van der Waals surface area contributed by atoms with Gasteiger partial charge in [0.05, 0.1) is 11.9 Å². The number of hydrogen-bond acceptors (Lipinski definition) is 3. The Balaban J connectivity index is 1.78. The number of ether oxygens (including phenoxy) is 2. The standard InChI is InChI=1S/C25H24ClNO2/c1-18-7-6-9-23(15-18)29-25(27-22-12-11-19(2)20(3)16-22)13-14-28-17-21-8-4-5-10-24(21)26/h4-16H,17H2,1-3H3. The van der Waals surface area contributed by atoms with Crippen LogP contribution in [0.2, 0.25) is 5.02 Å². The van der Waals surface area contributed by atoms with E-state index in [4.69, 9.17) is 21.1 Å². The van der Waals surface area contributed by atoms with E-state index in [1.165, 1.54) is 11.1 Å². The first-order valence-electron chi connectivity index (χ1n) is 9.43. The Morgan fingerprint density at radius 2 is 1.76 bits per heavy atom. The molecule has 3 aromatic carbocycles. The third-order valence-electron chi connectivity index (χ3n) is 4.45. The van der Waals surface area contributed by atoms with E-state index >= 15 is 0 Å². The van der Waals surface area contributed by atoms with Crippen molar-refractivity contribution in [2.45, 2.75) is 27.4 Å². The number of hydrogen-bond donors (Lipinski definition) is 0. The van der Waals surface area contributed by atoms with Gasteiger partial charge in [-0.15, -0.1) is 0 Å². The number of halogens is 1. The molecule has 0 amide bonds. The van der Waals surface area contributed by atoms with E-state index in [-0.39, 0.29) is 0 Å². The summed E-state index contributed by atoms with van der Waals surface area (Å²) in [6.45, 7) is 6.54. The first kappa shape index (κ1) is 20.7. The second-order valence-corrected chi connectivity index (χ2v) is 7.25. The third-order valence-corrected chi connectivity index (χ3v) is 4.81. The fourth-order valence-corrected chi connectivity index (χ4v) is 2.87. The molecular weight excluding hydrogens is 382 g/mol. The molecule has 0 aliphatic rings. The minimum atomic E-state index is 0.373. The first-order valence-corrected chi connectivity index (χ1v) is 9.81. The van der Waals surface area contributed by atoms with Gasteiger partial charge < -0.3 is 9.47 Å². The van der Waals surface area contributed by atoms with E-state index in [0.29, 0.717) is 17.5 Å². The van der Waals surface area contributed by atoms with Gasteiger partial charge in [-0.25, -0.2) is 4.99 Å². The lowest BCUT2D eigenvalue weighted by Crippen LogP contribution is -2.05. The van der Waals surface area contributed by atoms with E-state index in [2.05, 4.69) is 24.9 Å². The summed E-state index contributed by atoms with van der Waals surface area (Å²) in [7, 11) is 0. The maximum atomic E-state index is 6.17. The van der Waals surface area contributed by atoms with Crippen molar-refractivity contribution in [2.24, 2.45) is 4.99 Å². The molecule has 0 fully saturated rings. The van der Waals surface area contributed by atoms with Crippen molar-refractivity contribution in [2.75, 3.05) is 0 Å². The summed E-state index contributed by atoms with van der Waals surface area (Å²) >= 11 is 6.17. The molecule has 0 heterocycles. The molecule has 3 nitrogen and oxygen atoms in total. The van der Waals surface area contributed by atoms with Crippen LogP contribution >= 0.6 is 11.6 Å². The van der Waals surface area contributed by atoms with E-state index in [1.807, 2.05) is 67.6 Å². The molecule has 0 atom stereocenters. The second-order valence-electron chi connectivity index (χ2n) is 6.84. The van der Waals surface area contributed by atoms with Gasteiger partial charge in [-0.1, -0.05) is 48.0 Å². The maximum Gasteiger partial charge on any atom is 0.222 e. The van der Waals surface area contributed by atoms with Gasteiger partial charge in [-0.05, 0) is 67.8 Å². The van der Waals surface area contributed by atoms with Crippen LogP contribution in [0.3, 0.4) is 0 Å². The lowest BCUT2D eigenvalue weighted by Gasteiger charge is -2.08. The molecule has 0 N–H and O–H groups in total. The summed E-state index contributed by atoms with van der Waals surface area (Å²) < 4.78 is 11.6. The number of rotatable bonds is 6. The van der Waals surface area contributed by atoms with E-state index in [0.717, 1.165) is 22.6 Å². The Morgan fingerprint density at radius 1 is 0.931 bits per heavy atom. The Morgan fingerprint density at radius 3 is 2.52 bits per heavy atom. The molecule has 0 aromatic heterocycles. The van der Waals surface area contributed by atoms with Crippen molar-refractivity contribution >= 4 is 23.2 Å². The van der Waals surface area contributed by atoms with Crippen LogP contribution in [0.25, 0.3) is 0 Å². The van der Waals surface area contributed by atoms with Crippen LogP contribution in [0.1, 0.15) is 22.3 Å². The van der Waals surface area contributed by atoms with Crippen molar-refractivity contribution in [1.82, 2.24) is 0 Å². The lowest BCUT2D eigenvalue weighted by atomic mass is 10.1. The zero-order chi connectivity index (χ0) is 20.6. The highest BCUT2D eigenvalue weighted by Crippen LogP contribution is 2.20. The SMILES string of the molecule is Cc1cccc(OC(C=COCc2ccccc2Cl)=Nc2ccc(C)c(C)c2)c1. The Bertz CT molecular complexity index is 1040. The predicted molar refractivity (Wildman–Crippen MR) is 120 cm³/mol. The highest BCUT2D eigenvalue weighted by molar-refractivity contribution is 6.31. The fourth-order valence-electron chi connectivity index (χ4n) is 2.68. The molecule has 148 valence electrons. The smallest absolute Gasteiger partial charge is 0.222 e. The molecule has 0 aliphatic heterocycles. The summed E-state index contributed by atoms with van der Waals surface area (Å²) in [5.74, 6) is 1.17. The van der Waals surface area contributed by atoms with Gasteiger partial charge >= 0.3 is 0 Å². The average Bonchev–Trinajstić information content (AvgIpc) is 2.69. The molecule has 3 aromatic rings. The van der Waals surface area contributed by atoms with Gasteiger partial charge in [0.2, 0.25) is 5.90 Å². The van der Waals surface area contributed by atoms with Gasteiger partial charge in [0.15, 0.2) is 0 Å². The monoisotopic (exact) mass is 405 g/mol. The normalized spacial score (nSPS) is 11.7. The van der Waals surface area contributed by atoms with Gasteiger partial charge in [-0.2, -0.15) is 0 Å². The number of nitrogens with zero attached hydrogens (tertiary/aromatic N) is 1. The number of aryl methyl sites for hydroxylation is 3. The fraction of sp³-hybridized carbons (Fsp3) is 0.160. The Labute approximate surface area is 177 Å². The number of aliphatic imine (C=N–C) groups is 1. The molecule has 0 radical (unpaired) electrons. The molecule has 0 saturated heterocycles. The van der Waals surface area contributed by atoms with Crippen LogP contribution in [0.5, 0.6) is 5.75 Å². The van der Waals surface area contributed by atoms with Gasteiger partial charge in [0, 0.05) is 16.7 Å². The molecular formula is C25H24ClNO2. The van der Waals surface area contributed by atoms with Crippen LogP contribution < -0.4 is 4.74 Å². The largest absolute Gasteiger partial charge is 0.496 e. The van der Waals surface area contributed by atoms with Crippen molar-refractivity contribution in [3.63, 3.8) is 0 Å². The molecule has 0 spiro atoms. The van der Waals surface area contributed by atoms with Crippen molar-refractivity contribution in [3.05, 3.63) is 106 Å². The van der Waals surface area contributed by atoms with Gasteiger partial charge in [0.1, 0.15) is 12.4 Å². The van der Waals surface area contributed by atoms with Crippen LogP contribution in [-0.4, -0.2) is 5.90 Å². The van der Waals surface area contributed by atoms with Gasteiger partial charge in [0.25, 0.3) is 0 Å². The van der Waals surface area contributed by atoms with Crippen molar-refractivity contribution in [1.29, 1.82) is 0 Å². The minimum absolute atomic E-state index is 0.373. The molecule has 0 aliphatic carbocycles. The summed E-state index contributed by atoms with van der Waals surface area (Å²) in [6, 6.07) is 21.5. The second kappa shape index (κ2) is 9.94. The van der Waals surface area contributed by atoms with Crippen LogP contribution in [0, 0.1) is 20.8 Å². The zero-order valence-electron chi connectivity index (χ0n) is 16.9. The third kappa shape index (κ3) is 6.23. The van der Waals surface area contributed by atoms with Crippen molar-refractivity contribution < 1.29 is 9.47 Å². The Kier molecular flexibility index (Phi) is 7.09. The summed E-state index contributed by atoms with van der Waals surface area (Å²) in [5, 5.41) is 0.681. The van der Waals surface area contributed by atoms with E-state index in [9.17, 15) is 0 Å². The number of benzene rings is 3. The Hall–Kier alpha value is -3.04. The predicted octanol–water partition coefficient (Wildman–Crippen LogP) is 7.10. The molecule has 0 bridgehead atoms. The zero-order valence-corrected chi connectivity index (χ0v) is 17.6. The van der Waals surface area contributed by atoms with Crippen LogP contribution in [0.15, 0.2) is 84.1 Å². The molecule has 4 heteroatoms. The average molecular weight is 406 g/mol. The maximum absolute atomic E-state index is 6.17. The molecule has 3 rings (SSSR count). The highest BCUT2D eigenvalue weighted by Gasteiger charge is 2.03. The van der Waals surface area contributed by atoms with Crippen LogP contribution in [0.4, 0.5) is 5.69 Å².